The zero-order valence-electron chi connectivity index (χ0n) is 9.69. The van der Waals surface area contributed by atoms with Gasteiger partial charge >= 0.3 is 0 Å². The van der Waals surface area contributed by atoms with Gasteiger partial charge in [-0.25, -0.2) is 13.1 Å². The number of benzene rings is 1. The smallest absolute Gasteiger partial charge is 0.208 e. The molecule has 0 aliphatic carbocycles. The predicted molar refractivity (Wildman–Crippen MR) is 72.8 cm³/mol. The molecule has 1 heterocycles. The van der Waals surface area contributed by atoms with Crippen LogP contribution >= 0.6 is 15.9 Å². The number of aromatic nitrogens is 4. The Morgan fingerprint density at radius 3 is 2.84 bits per heavy atom. The number of hydrogen-bond acceptors (Lipinski definition) is 5. The summed E-state index contributed by atoms with van der Waals surface area (Å²) < 4.78 is 27.2. The molecular weight excluding hydrogens is 334 g/mol. The molecule has 1 N–H and O–H groups in total. The van der Waals surface area contributed by atoms with Gasteiger partial charge in [0.25, 0.3) is 0 Å². The van der Waals surface area contributed by atoms with Gasteiger partial charge in [-0.15, -0.1) is 5.10 Å². The summed E-state index contributed by atoms with van der Waals surface area (Å²) in [5, 5.41) is 12.0. The Hall–Kier alpha value is -1.58. The molecule has 0 fully saturated rings. The van der Waals surface area contributed by atoms with Gasteiger partial charge in [-0.05, 0) is 38.5 Å². The van der Waals surface area contributed by atoms with E-state index in [9.17, 15) is 8.42 Å². The van der Waals surface area contributed by atoms with Gasteiger partial charge in [0.15, 0.2) is 5.82 Å². The molecular formula is C10H10BrN5O2S. The fourth-order valence-corrected chi connectivity index (χ4v) is 2.25. The molecule has 9 heteroatoms. The average Bonchev–Trinajstić information content (AvgIpc) is 2.85. The van der Waals surface area contributed by atoms with Crippen molar-refractivity contribution >= 4 is 26.0 Å². The molecule has 100 valence electrons. The summed E-state index contributed by atoms with van der Waals surface area (Å²) in [6, 6.07) is 7.35. The Labute approximate surface area is 118 Å². The molecule has 0 unspecified atom stereocenters. The quantitative estimate of drug-likeness (QED) is 0.874. The van der Waals surface area contributed by atoms with Crippen molar-refractivity contribution in [3.05, 3.63) is 46.5 Å². The molecule has 0 radical (unpaired) electrons. The van der Waals surface area contributed by atoms with Gasteiger partial charge in [-0.3, -0.25) is 0 Å². The molecule has 1 aromatic carbocycles. The minimum Gasteiger partial charge on any atom is -0.208 e. The third-order valence-electron chi connectivity index (χ3n) is 2.27. The largest absolute Gasteiger partial charge is 0.233 e. The van der Waals surface area contributed by atoms with E-state index < -0.39 is 10.0 Å². The van der Waals surface area contributed by atoms with Crippen LogP contribution in [0.2, 0.25) is 0 Å². The second-order valence-corrected chi connectivity index (χ2v) is 6.06. The third kappa shape index (κ3) is 3.25. The Bertz CT molecular complexity index is 697. The van der Waals surface area contributed by atoms with Crippen LogP contribution in [0.15, 0.2) is 40.7 Å². The van der Waals surface area contributed by atoms with Crippen molar-refractivity contribution in [1.82, 2.24) is 24.9 Å². The maximum atomic E-state index is 11.3. The van der Waals surface area contributed by atoms with Crippen LogP contribution in [0.5, 0.6) is 0 Å². The van der Waals surface area contributed by atoms with Crippen molar-refractivity contribution in [2.24, 2.45) is 0 Å². The van der Waals surface area contributed by atoms with E-state index in [0.29, 0.717) is 5.82 Å². The number of sulfonamides is 1. The van der Waals surface area contributed by atoms with E-state index in [-0.39, 0.29) is 6.54 Å². The molecule has 1 aromatic heterocycles. The lowest BCUT2D eigenvalue weighted by atomic mass is 10.3. The number of halogens is 1. The van der Waals surface area contributed by atoms with E-state index in [4.69, 9.17) is 0 Å². The van der Waals surface area contributed by atoms with Gasteiger partial charge in [-0.2, -0.15) is 4.68 Å². The van der Waals surface area contributed by atoms with Crippen LogP contribution in [-0.4, -0.2) is 28.6 Å². The first-order chi connectivity index (χ1) is 9.03. The van der Waals surface area contributed by atoms with Crippen molar-refractivity contribution in [3.8, 4) is 5.69 Å². The number of nitrogens with one attached hydrogen (secondary N) is 1. The lowest BCUT2D eigenvalue weighted by Crippen LogP contribution is -2.22. The first-order valence-electron chi connectivity index (χ1n) is 5.18. The second kappa shape index (κ2) is 5.59. The van der Waals surface area contributed by atoms with Crippen LogP contribution in [0.4, 0.5) is 0 Å². The predicted octanol–water partition coefficient (Wildman–Crippen LogP) is 0.988. The van der Waals surface area contributed by atoms with Gasteiger partial charge < -0.3 is 0 Å². The second-order valence-electron chi connectivity index (χ2n) is 3.49. The van der Waals surface area contributed by atoms with E-state index in [1.54, 1.807) is 0 Å². The monoisotopic (exact) mass is 343 g/mol. The van der Waals surface area contributed by atoms with Gasteiger partial charge in [0, 0.05) is 9.88 Å². The number of para-hydroxylation sites is 1. The van der Waals surface area contributed by atoms with E-state index in [0.717, 1.165) is 15.6 Å². The molecule has 0 amide bonds. The van der Waals surface area contributed by atoms with E-state index in [1.165, 1.54) is 4.68 Å². The van der Waals surface area contributed by atoms with Crippen LogP contribution in [-0.2, 0) is 16.6 Å². The molecule has 0 saturated carbocycles. The molecule has 2 aromatic rings. The van der Waals surface area contributed by atoms with Gasteiger partial charge in [0.1, 0.15) is 0 Å². The first kappa shape index (κ1) is 13.8. The molecule has 7 nitrogen and oxygen atoms in total. The highest BCUT2D eigenvalue weighted by atomic mass is 79.9. The molecule has 2 rings (SSSR count). The first-order valence-corrected chi connectivity index (χ1v) is 7.51. The highest BCUT2D eigenvalue weighted by molar-refractivity contribution is 9.10. The van der Waals surface area contributed by atoms with E-state index in [1.807, 2.05) is 24.3 Å². The zero-order chi connectivity index (χ0) is 13.9. The van der Waals surface area contributed by atoms with Crippen LogP contribution in [0, 0.1) is 0 Å². The molecule has 0 atom stereocenters. The lowest BCUT2D eigenvalue weighted by Gasteiger charge is -2.06. The lowest BCUT2D eigenvalue weighted by molar-refractivity contribution is 0.587. The summed E-state index contributed by atoms with van der Waals surface area (Å²) in [6.45, 7) is 3.19. The summed E-state index contributed by atoms with van der Waals surface area (Å²) >= 11 is 3.38. The molecule has 0 aliphatic rings. The number of nitrogens with zero attached hydrogens (tertiary/aromatic N) is 4. The maximum Gasteiger partial charge on any atom is 0.233 e. The number of rotatable bonds is 5. The third-order valence-corrected chi connectivity index (χ3v) is 3.92. The molecule has 0 aliphatic heterocycles. The van der Waals surface area contributed by atoms with Gasteiger partial charge in [-0.1, -0.05) is 18.7 Å². The number of tetrazole rings is 1. The molecule has 0 bridgehead atoms. The number of hydrogen-bond donors (Lipinski definition) is 1. The van der Waals surface area contributed by atoms with Gasteiger partial charge in [0.05, 0.1) is 12.2 Å². The molecule has 19 heavy (non-hydrogen) atoms. The minimum atomic E-state index is -3.51. The summed E-state index contributed by atoms with van der Waals surface area (Å²) in [5.41, 5.74) is 0.723. The summed E-state index contributed by atoms with van der Waals surface area (Å²) in [4.78, 5) is 0. The van der Waals surface area contributed by atoms with Crippen molar-refractivity contribution in [2.45, 2.75) is 6.54 Å². The summed E-state index contributed by atoms with van der Waals surface area (Å²) in [5.74, 6) is 0.373. The fourth-order valence-electron chi connectivity index (χ4n) is 1.35. The van der Waals surface area contributed by atoms with E-state index in [2.05, 4.69) is 42.8 Å². The minimum absolute atomic E-state index is 0.0251. The Balaban J connectivity index is 2.29. The Morgan fingerprint density at radius 1 is 1.42 bits per heavy atom. The Morgan fingerprint density at radius 2 is 2.16 bits per heavy atom. The Kier molecular flexibility index (Phi) is 4.08. The summed E-state index contributed by atoms with van der Waals surface area (Å²) in [6.07, 6.45) is 0. The standard InChI is InChI=1S/C10H10BrN5O2S/c1-2-19(17,18)12-7-10-13-14-15-16(10)9-6-4-3-5-8(9)11/h2-6,12H,1,7H2. The van der Waals surface area contributed by atoms with Crippen molar-refractivity contribution in [2.75, 3.05) is 0 Å². The van der Waals surface area contributed by atoms with Crippen molar-refractivity contribution < 1.29 is 8.42 Å². The van der Waals surface area contributed by atoms with Crippen LogP contribution in [0.25, 0.3) is 5.69 Å². The SMILES string of the molecule is C=CS(=O)(=O)NCc1nnnn1-c1ccccc1Br. The van der Waals surface area contributed by atoms with Crippen molar-refractivity contribution in [1.29, 1.82) is 0 Å². The van der Waals surface area contributed by atoms with Crippen LogP contribution < -0.4 is 4.72 Å². The molecule has 0 spiro atoms. The topological polar surface area (TPSA) is 89.8 Å². The normalized spacial score (nSPS) is 11.4. The van der Waals surface area contributed by atoms with Crippen LogP contribution in [0.3, 0.4) is 0 Å². The highest BCUT2D eigenvalue weighted by Crippen LogP contribution is 2.20. The maximum absolute atomic E-state index is 11.3. The molecule has 0 saturated heterocycles. The summed E-state index contributed by atoms with van der Waals surface area (Å²) in [7, 11) is -3.51. The van der Waals surface area contributed by atoms with Crippen LogP contribution in [0.1, 0.15) is 5.82 Å². The highest BCUT2D eigenvalue weighted by Gasteiger charge is 2.12. The van der Waals surface area contributed by atoms with Gasteiger partial charge in [0.2, 0.25) is 10.0 Å². The fraction of sp³-hybridized carbons (Fsp3) is 0.100. The zero-order valence-corrected chi connectivity index (χ0v) is 12.1. The van der Waals surface area contributed by atoms with E-state index >= 15 is 0 Å². The van der Waals surface area contributed by atoms with Crippen molar-refractivity contribution in [3.63, 3.8) is 0 Å². The average molecular weight is 344 g/mol.